The number of rotatable bonds is 4. The van der Waals surface area contributed by atoms with Crippen LogP contribution in [0.1, 0.15) is 32.3 Å². The highest BCUT2D eigenvalue weighted by atomic mass is 19.1. The van der Waals surface area contributed by atoms with Crippen LogP contribution in [-0.2, 0) is 4.79 Å². The summed E-state index contributed by atoms with van der Waals surface area (Å²) in [5.41, 5.74) is 1.54. The van der Waals surface area contributed by atoms with Crippen LogP contribution >= 0.6 is 0 Å². The molecule has 1 aromatic carbocycles. The summed E-state index contributed by atoms with van der Waals surface area (Å²) in [7, 11) is 0. The lowest BCUT2D eigenvalue weighted by molar-refractivity contribution is -0.131. The van der Waals surface area contributed by atoms with Crippen molar-refractivity contribution in [1.82, 2.24) is 0 Å². The fourth-order valence-electron chi connectivity index (χ4n) is 2.87. The summed E-state index contributed by atoms with van der Waals surface area (Å²) < 4.78 is 13.4. The summed E-state index contributed by atoms with van der Waals surface area (Å²) in [6.07, 6.45) is 4.76. The van der Waals surface area contributed by atoms with Crippen molar-refractivity contribution in [2.45, 2.75) is 32.7 Å². The molecule has 1 aliphatic heterocycles. The van der Waals surface area contributed by atoms with E-state index in [0.29, 0.717) is 17.5 Å². The Morgan fingerprint density at radius 3 is 2.90 bits per heavy atom. The molecule has 1 saturated heterocycles. The zero-order chi connectivity index (χ0) is 14.7. The molecule has 0 spiro atoms. The molecule has 0 bridgehead atoms. The molecular weight excluding hydrogens is 257 g/mol. The first-order valence-electron chi connectivity index (χ1n) is 6.96. The van der Waals surface area contributed by atoms with Gasteiger partial charge in [-0.25, -0.2) is 9.18 Å². The number of aliphatic carboxylic acids is 1. The Kier molecular flexibility index (Phi) is 4.42. The minimum atomic E-state index is -1.03. The second-order valence-electron chi connectivity index (χ2n) is 5.52. The van der Waals surface area contributed by atoms with Gasteiger partial charge in [0.1, 0.15) is 5.82 Å². The van der Waals surface area contributed by atoms with Gasteiger partial charge < -0.3 is 10.0 Å². The summed E-state index contributed by atoms with van der Waals surface area (Å²) >= 11 is 0. The van der Waals surface area contributed by atoms with E-state index < -0.39 is 5.97 Å². The molecule has 4 heteroatoms. The SMILES string of the molecule is CC(C)C1CCCN1c1ccc(F)cc1C=CC(=O)O. The Morgan fingerprint density at radius 1 is 1.50 bits per heavy atom. The Balaban J connectivity index is 2.37. The summed E-state index contributed by atoms with van der Waals surface area (Å²) in [6.45, 7) is 5.29. The monoisotopic (exact) mass is 277 g/mol. The molecule has 1 aromatic rings. The molecule has 0 radical (unpaired) electrons. The molecule has 0 saturated carbocycles. The van der Waals surface area contributed by atoms with E-state index in [0.717, 1.165) is 31.1 Å². The van der Waals surface area contributed by atoms with Gasteiger partial charge in [0.2, 0.25) is 0 Å². The van der Waals surface area contributed by atoms with Crippen LogP contribution in [0.5, 0.6) is 0 Å². The lowest BCUT2D eigenvalue weighted by atomic mass is 10.0. The van der Waals surface area contributed by atoms with Crippen molar-refractivity contribution >= 4 is 17.7 Å². The highest BCUT2D eigenvalue weighted by Crippen LogP contribution is 2.33. The molecular formula is C16H20FNO2. The average molecular weight is 277 g/mol. The van der Waals surface area contributed by atoms with E-state index in [1.54, 1.807) is 6.07 Å². The maximum Gasteiger partial charge on any atom is 0.328 e. The van der Waals surface area contributed by atoms with Gasteiger partial charge >= 0.3 is 5.97 Å². The van der Waals surface area contributed by atoms with E-state index in [1.807, 2.05) is 0 Å². The Labute approximate surface area is 118 Å². The number of nitrogens with zero attached hydrogens (tertiary/aromatic N) is 1. The van der Waals surface area contributed by atoms with Crippen molar-refractivity contribution in [3.8, 4) is 0 Å². The molecule has 20 heavy (non-hydrogen) atoms. The van der Waals surface area contributed by atoms with Crippen LogP contribution in [0.25, 0.3) is 6.08 Å². The van der Waals surface area contributed by atoms with Gasteiger partial charge in [0.25, 0.3) is 0 Å². The maximum absolute atomic E-state index is 13.4. The lowest BCUT2D eigenvalue weighted by Crippen LogP contribution is -2.33. The average Bonchev–Trinajstić information content (AvgIpc) is 2.85. The van der Waals surface area contributed by atoms with Gasteiger partial charge in [-0.2, -0.15) is 0 Å². The smallest absolute Gasteiger partial charge is 0.328 e. The van der Waals surface area contributed by atoms with Crippen molar-refractivity contribution in [2.24, 2.45) is 5.92 Å². The zero-order valence-electron chi connectivity index (χ0n) is 11.8. The number of hydrogen-bond acceptors (Lipinski definition) is 2. The molecule has 1 unspecified atom stereocenters. The second-order valence-corrected chi connectivity index (χ2v) is 5.52. The molecule has 3 nitrogen and oxygen atoms in total. The first-order chi connectivity index (χ1) is 9.49. The number of anilines is 1. The topological polar surface area (TPSA) is 40.5 Å². The number of carboxylic acid groups (broad SMARTS) is 1. The molecule has 1 fully saturated rings. The maximum atomic E-state index is 13.4. The van der Waals surface area contributed by atoms with E-state index in [1.165, 1.54) is 18.2 Å². The first kappa shape index (κ1) is 14.6. The fraction of sp³-hybridized carbons (Fsp3) is 0.438. The van der Waals surface area contributed by atoms with E-state index in [-0.39, 0.29) is 5.82 Å². The molecule has 1 atom stereocenters. The quantitative estimate of drug-likeness (QED) is 0.856. The van der Waals surface area contributed by atoms with Crippen LogP contribution in [0.3, 0.4) is 0 Å². The number of benzene rings is 1. The van der Waals surface area contributed by atoms with E-state index in [9.17, 15) is 9.18 Å². The lowest BCUT2D eigenvalue weighted by Gasteiger charge is -2.31. The van der Waals surface area contributed by atoms with Gasteiger partial charge in [-0.05, 0) is 43.0 Å². The number of carboxylic acids is 1. The summed E-state index contributed by atoms with van der Waals surface area (Å²) in [5, 5.41) is 8.75. The Bertz CT molecular complexity index is 525. The van der Waals surface area contributed by atoms with Crippen molar-refractivity contribution < 1.29 is 14.3 Å². The van der Waals surface area contributed by atoms with E-state index in [4.69, 9.17) is 5.11 Å². The van der Waals surface area contributed by atoms with Crippen molar-refractivity contribution in [3.05, 3.63) is 35.7 Å². The predicted octanol–water partition coefficient (Wildman–Crippen LogP) is 3.55. The number of hydrogen-bond donors (Lipinski definition) is 1. The van der Waals surface area contributed by atoms with Gasteiger partial charge in [-0.15, -0.1) is 0 Å². The highest BCUT2D eigenvalue weighted by Gasteiger charge is 2.28. The van der Waals surface area contributed by atoms with Crippen LogP contribution in [-0.4, -0.2) is 23.7 Å². The molecule has 1 heterocycles. The van der Waals surface area contributed by atoms with Gasteiger partial charge in [0.05, 0.1) is 0 Å². The second kappa shape index (κ2) is 6.07. The third kappa shape index (κ3) is 3.18. The van der Waals surface area contributed by atoms with Gasteiger partial charge in [0.15, 0.2) is 0 Å². The van der Waals surface area contributed by atoms with Crippen LogP contribution < -0.4 is 4.90 Å². The molecule has 1 aliphatic rings. The van der Waals surface area contributed by atoms with E-state index >= 15 is 0 Å². The largest absolute Gasteiger partial charge is 0.478 e. The third-order valence-corrected chi connectivity index (χ3v) is 3.77. The highest BCUT2D eigenvalue weighted by molar-refractivity contribution is 5.87. The van der Waals surface area contributed by atoms with Crippen molar-refractivity contribution in [1.29, 1.82) is 0 Å². The van der Waals surface area contributed by atoms with Crippen LogP contribution in [0.2, 0.25) is 0 Å². The summed E-state index contributed by atoms with van der Waals surface area (Å²) in [5.74, 6) is -0.861. The van der Waals surface area contributed by atoms with Gasteiger partial charge in [0, 0.05) is 29.9 Å². The third-order valence-electron chi connectivity index (χ3n) is 3.77. The Morgan fingerprint density at radius 2 is 2.25 bits per heavy atom. The zero-order valence-corrected chi connectivity index (χ0v) is 11.8. The standard InChI is InChI=1S/C16H20FNO2/c1-11(2)14-4-3-9-18(14)15-7-6-13(17)10-12(15)5-8-16(19)20/h5-8,10-11,14H,3-4,9H2,1-2H3,(H,19,20). The number of carbonyl (C=O) groups is 1. The van der Waals surface area contributed by atoms with Crippen molar-refractivity contribution in [3.63, 3.8) is 0 Å². The van der Waals surface area contributed by atoms with Crippen LogP contribution in [0.15, 0.2) is 24.3 Å². The molecule has 0 aromatic heterocycles. The first-order valence-corrected chi connectivity index (χ1v) is 6.96. The molecule has 2 rings (SSSR count). The number of halogens is 1. The molecule has 0 amide bonds. The van der Waals surface area contributed by atoms with Gasteiger partial charge in [-0.1, -0.05) is 13.8 Å². The van der Waals surface area contributed by atoms with Gasteiger partial charge in [-0.3, -0.25) is 0 Å². The van der Waals surface area contributed by atoms with Crippen LogP contribution in [0.4, 0.5) is 10.1 Å². The fourth-order valence-corrected chi connectivity index (χ4v) is 2.87. The minimum absolute atomic E-state index is 0.348. The predicted molar refractivity (Wildman–Crippen MR) is 78.3 cm³/mol. The van der Waals surface area contributed by atoms with Crippen LogP contribution in [0, 0.1) is 11.7 Å². The summed E-state index contributed by atoms with van der Waals surface area (Å²) in [6, 6.07) is 5.00. The molecule has 108 valence electrons. The molecule has 0 aliphatic carbocycles. The minimum Gasteiger partial charge on any atom is -0.478 e. The molecule has 1 N–H and O–H groups in total. The van der Waals surface area contributed by atoms with E-state index in [2.05, 4.69) is 18.7 Å². The summed E-state index contributed by atoms with van der Waals surface area (Å²) in [4.78, 5) is 12.9. The normalized spacial score (nSPS) is 19.2. The van der Waals surface area contributed by atoms with Crippen molar-refractivity contribution in [2.75, 3.05) is 11.4 Å². The Hall–Kier alpha value is -1.84.